The molecule has 0 heterocycles. The van der Waals surface area contributed by atoms with Gasteiger partial charge in [-0.2, -0.15) is 4.83 Å². The molecule has 1 amide bonds. The summed E-state index contributed by atoms with van der Waals surface area (Å²) >= 11 is 1.01. The Morgan fingerprint density at radius 2 is 1.54 bits per heavy atom. The maximum absolute atomic E-state index is 13.5. The van der Waals surface area contributed by atoms with Crippen LogP contribution in [0.2, 0.25) is 0 Å². The molecule has 0 aromatic heterocycles. The van der Waals surface area contributed by atoms with Crippen molar-refractivity contribution in [2.45, 2.75) is 4.90 Å². The van der Waals surface area contributed by atoms with Gasteiger partial charge in [0.05, 0.1) is 4.90 Å². The second-order valence-corrected chi connectivity index (χ2v) is 5.88. The van der Waals surface area contributed by atoms with Crippen LogP contribution in [-0.2, 0) is 0 Å². The highest BCUT2D eigenvalue weighted by molar-refractivity contribution is 7.97. The summed E-state index contributed by atoms with van der Waals surface area (Å²) in [6.07, 6.45) is 0. The Labute approximate surface area is 144 Å². The number of halogens is 1. The fourth-order valence-corrected chi connectivity index (χ4v) is 2.76. The van der Waals surface area contributed by atoms with Crippen molar-refractivity contribution in [3.8, 4) is 11.1 Å². The van der Waals surface area contributed by atoms with E-state index in [1.807, 2.05) is 48.5 Å². The SMILES string of the molecule is O=C(NNSc1ccccc1F)c1cccc(-c2ccccc2)c1. The summed E-state index contributed by atoms with van der Waals surface area (Å²) < 4.78 is 13.5. The Kier molecular flexibility index (Phi) is 5.25. The van der Waals surface area contributed by atoms with E-state index in [1.165, 1.54) is 6.07 Å². The molecule has 120 valence electrons. The molecule has 0 bridgehead atoms. The zero-order valence-electron chi connectivity index (χ0n) is 12.7. The zero-order valence-corrected chi connectivity index (χ0v) is 13.5. The number of nitrogens with one attached hydrogen (secondary N) is 2. The van der Waals surface area contributed by atoms with E-state index in [9.17, 15) is 9.18 Å². The summed E-state index contributed by atoms with van der Waals surface area (Å²) in [5, 5.41) is 0. The predicted molar refractivity (Wildman–Crippen MR) is 94.7 cm³/mol. The molecule has 3 aromatic carbocycles. The van der Waals surface area contributed by atoms with Crippen LogP contribution in [0, 0.1) is 5.82 Å². The highest BCUT2D eigenvalue weighted by Gasteiger charge is 2.07. The van der Waals surface area contributed by atoms with Gasteiger partial charge < -0.3 is 0 Å². The predicted octanol–water partition coefficient (Wildman–Crippen LogP) is 4.43. The van der Waals surface area contributed by atoms with Gasteiger partial charge in [-0.15, -0.1) is 0 Å². The van der Waals surface area contributed by atoms with E-state index in [0.717, 1.165) is 23.1 Å². The zero-order chi connectivity index (χ0) is 16.8. The van der Waals surface area contributed by atoms with Gasteiger partial charge in [0.1, 0.15) is 5.82 Å². The lowest BCUT2D eigenvalue weighted by Crippen LogP contribution is -2.32. The van der Waals surface area contributed by atoms with Crippen molar-refractivity contribution in [1.82, 2.24) is 10.3 Å². The Morgan fingerprint density at radius 1 is 0.833 bits per heavy atom. The van der Waals surface area contributed by atoms with E-state index in [2.05, 4.69) is 10.3 Å². The maximum Gasteiger partial charge on any atom is 0.266 e. The van der Waals surface area contributed by atoms with Crippen molar-refractivity contribution in [3.63, 3.8) is 0 Å². The maximum atomic E-state index is 13.5. The van der Waals surface area contributed by atoms with Crippen molar-refractivity contribution >= 4 is 17.9 Å². The molecule has 0 unspecified atom stereocenters. The molecule has 0 aliphatic rings. The molecule has 24 heavy (non-hydrogen) atoms. The summed E-state index contributed by atoms with van der Waals surface area (Å²) in [6, 6.07) is 23.5. The van der Waals surface area contributed by atoms with E-state index >= 15 is 0 Å². The minimum absolute atomic E-state index is 0.281. The van der Waals surface area contributed by atoms with E-state index in [4.69, 9.17) is 0 Å². The van der Waals surface area contributed by atoms with Crippen LogP contribution >= 0.6 is 11.9 Å². The molecule has 0 radical (unpaired) electrons. The molecule has 0 atom stereocenters. The van der Waals surface area contributed by atoms with Gasteiger partial charge in [0, 0.05) is 5.56 Å². The van der Waals surface area contributed by atoms with Gasteiger partial charge in [-0.05, 0) is 47.3 Å². The van der Waals surface area contributed by atoms with E-state index in [1.54, 1.807) is 24.3 Å². The third kappa shape index (κ3) is 4.01. The van der Waals surface area contributed by atoms with Crippen LogP contribution in [0.15, 0.2) is 83.8 Å². The number of carbonyl (C=O) groups is 1. The van der Waals surface area contributed by atoms with Crippen LogP contribution in [0.3, 0.4) is 0 Å². The molecule has 0 fully saturated rings. The lowest BCUT2D eigenvalue weighted by atomic mass is 10.0. The van der Waals surface area contributed by atoms with Crippen molar-refractivity contribution in [2.75, 3.05) is 0 Å². The third-order valence-electron chi connectivity index (χ3n) is 3.39. The molecule has 5 heteroatoms. The normalized spacial score (nSPS) is 10.4. The highest BCUT2D eigenvalue weighted by atomic mass is 32.2. The Balaban J connectivity index is 1.64. The summed E-state index contributed by atoms with van der Waals surface area (Å²) in [5.41, 5.74) is 5.09. The molecular formula is C19H15FN2OS. The minimum atomic E-state index is -0.338. The van der Waals surface area contributed by atoms with Gasteiger partial charge in [0.15, 0.2) is 0 Å². The third-order valence-corrected chi connectivity index (χ3v) is 4.15. The van der Waals surface area contributed by atoms with Gasteiger partial charge in [0.25, 0.3) is 5.91 Å². The first-order valence-electron chi connectivity index (χ1n) is 7.36. The van der Waals surface area contributed by atoms with Gasteiger partial charge >= 0.3 is 0 Å². The van der Waals surface area contributed by atoms with Crippen LogP contribution in [0.25, 0.3) is 11.1 Å². The number of benzene rings is 3. The molecule has 0 saturated carbocycles. The summed E-state index contributed by atoms with van der Waals surface area (Å²) in [5.74, 6) is -0.619. The quantitative estimate of drug-likeness (QED) is 0.534. The van der Waals surface area contributed by atoms with Crippen LogP contribution in [0.5, 0.6) is 0 Å². The Hall–Kier alpha value is -2.63. The van der Waals surface area contributed by atoms with Crippen LogP contribution in [0.4, 0.5) is 4.39 Å². The number of rotatable bonds is 5. The topological polar surface area (TPSA) is 41.1 Å². The largest absolute Gasteiger partial charge is 0.277 e. The van der Waals surface area contributed by atoms with Crippen molar-refractivity contribution in [1.29, 1.82) is 0 Å². The number of hydrazine groups is 1. The molecule has 0 aliphatic heterocycles. The molecule has 3 rings (SSSR count). The fourth-order valence-electron chi connectivity index (χ4n) is 2.20. The summed E-state index contributed by atoms with van der Waals surface area (Å²) in [6.45, 7) is 0. The molecule has 2 N–H and O–H groups in total. The van der Waals surface area contributed by atoms with Gasteiger partial charge in [-0.1, -0.05) is 54.6 Å². The van der Waals surface area contributed by atoms with E-state index in [-0.39, 0.29) is 11.7 Å². The van der Waals surface area contributed by atoms with Crippen molar-refractivity contribution in [3.05, 3.63) is 90.2 Å². The second-order valence-electron chi connectivity index (χ2n) is 5.04. The number of hydrogen-bond donors (Lipinski definition) is 2. The molecule has 3 nitrogen and oxygen atoms in total. The molecule has 0 aliphatic carbocycles. The summed E-state index contributed by atoms with van der Waals surface area (Å²) in [7, 11) is 0. The number of amides is 1. The Bertz CT molecular complexity index is 840. The Morgan fingerprint density at radius 3 is 2.33 bits per heavy atom. The lowest BCUT2D eigenvalue weighted by molar-refractivity contribution is 0.0947. The van der Waals surface area contributed by atoms with Crippen LogP contribution in [-0.4, -0.2) is 5.91 Å². The lowest BCUT2D eigenvalue weighted by Gasteiger charge is -2.08. The van der Waals surface area contributed by atoms with Crippen molar-refractivity contribution < 1.29 is 9.18 Å². The van der Waals surface area contributed by atoms with Gasteiger partial charge in [-0.3, -0.25) is 10.2 Å². The number of carbonyl (C=O) groups excluding carboxylic acids is 1. The van der Waals surface area contributed by atoms with Crippen LogP contribution in [0.1, 0.15) is 10.4 Å². The van der Waals surface area contributed by atoms with Gasteiger partial charge in [0.2, 0.25) is 0 Å². The average Bonchev–Trinajstić information content (AvgIpc) is 2.64. The van der Waals surface area contributed by atoms with E-state index < -0.39 is 0 Å². The van der Waals surface area contributed by atoms with Crippen LogP contribution < -0.4 is 10.3 Å². The van der Waals surface area contributed by atoms with Crippen molar-refractivity contribution in [2.24, 2.45) is 0 Å². The minimum Gasteiger partial charge on any atom is -0.277 e. The molecule has 0 spiro atoms. The molecular weight excluding hydrogens is 323 g/mol. The number of hydrogen-bond acceptors (Lipinski definition) is 3. The smallest absolute Gasteiger partial charge is 0.266 e. The first-order chi connectivity index (χ1) is 11.7. The fraction of sp³-hybridized carbons (Fsp3) is 0. The molecule has 3 aromatic rings. The first kappa shape index (κ1) is 16.2. The second kappa shape index (κ2) is 7.77. The first-order valence-corrected chi connectivity index (χ1v) is 8.18. The van der Waals surface area contributed by atoms with E-state index in [0.29, 0.717) is 10.5 Å². The monoisotopic (exact) mass is 338 g/mol. The highest BCUT2D eigenvalue weighted by Crippen LogP contribution is 2.20. The average molecular weight is 338 g/mol. The molecule has 0 saturated heterocycles. The summed E-state index contributed by atoms with van der Waals surface area (Å²) in [4.78, 5) is 15.3. The standard InChI is InChI=1S/C19H15FN2OS/c20-17-11-4-5-12-18(17)24-22-21-19(23)16-10-6-9-15(13-16)14-7-2-1-3-8-14/h1-13,22H,(H,21,23). The van der Waals surface area contributed by atoms with Gasteiger partial charge in [-0.25, -0.2) is 4.39 Å².